The number of carboxylic acids is 1. The van der Waals surface area contributed by atoms with Crippen LogP contribution in [-0.2, 0) is 9.59 Å². The minimum absolute atomic E-state index is 0.159. The molecule has 20 heavy (non-hydrogen) atoms. The van der Waals surface area contributed by atoms with Gasteiger partial charge in [-0.3, -0.25) is 9.59 Å². The Kier molecular flexibility index (Phi) is 6.73. The summed E-state index contributed by atoms with van der Waals surface area (Å²) < 4.78 is 0. The molecule has 3 N–H and O–H groups in total. The van der Waals surface area contributed by atoms with E-state index in [9.17, 15) is 9.59 Å². The first-order chi connectivity index (χ1) is 9.54. The number of amides is 1. The van der Waals surface area contributed by atoms with Crippen molar-refractivity contribution in [3.63, 3.8) is 0 Å². The van der Waals surface area contributed by atoms with Gasteiger partial charge in [-0.05, 0) is 38.4 Å². The summed E-state index contributed by atoms with van der Waals surface area (Å²) in [6.45, 7) is 2.25. The minimum Gasteiger partial charge on any atom is -0.480 e. The Hall–Kier alpha value is -1.88. The summed E-state index contributed by atoms with van der Waals surface area (Å²) >= 11 is 0. The van der Waals surface area contributed by atoms with Gasteiger partial charge in [-0.1, -0.05) is 24.1 Å². The van der Waals surface area contributed by atoms with E-state index in [1.165, 1.54) is 4.90 Å². The fourth-order valence-corrected chi connectivity index (χ4v) is 1.92. The summed E-state index contributed by atoms with van der Waals surface area (Å²) in [5.74, 6) is -1.17. The van der Waals surface area contributed by atoms with Crippen LogP contribution in [0.15, 0.2) is 24.3 Å². The van der Waals surface area contributed by atoms with Crippen molar-refractivity contribution in [3.8, 4) is 0 Å². The molecule has 0 unspecified atom stereocenters. The number of aliphatic carboxylic acids is 1. The number of nitrogens with two attached hydrogens (primary N) is 1. The maximum atomic E-state index is 12.2. The first-order valence-corrected chi connectivity index (χ1v) is 6.83. The number of benzene rings is 1. The highest BCUT2D eigenvalue weighted by molar-refractivity contribution is 5.97. The summed E-state index contributed by atoms with van der Waals surface area (Å²) in [5.41, 5.74) is 7.10. The SMILES string of the molecule is Cc1ccc(N(CC(=O)O)C(=O)CCCCCN)cc1. The van der Waals surface area contributed by atoms with Crippen LogP contribution >= 0.6 is 0 Å². The number of hydrogen-bond donors (Lipinski definition) is 2. The van der Waals surface area contributed by atoms with E-state index in [1.807, 2.05) is 19.1 Å². The third kappa shape index (κ3) is 5.40. The maximum absolute atomic E-state index is 12.2. The van der Waals surface area contributed by atoms with Crippen molar-refractivity contribution in [1.82, 2.24) is 0 Å². The fraction of sp³-hybridized carbons (Fsp3) is 0.467. The Morgan fingerprint density at radius 3 is 2.35 bits per heavy atom. The van der Waals surface area contributed by atoms with Gasteiger partial charge in [0.2, 0.25) is 5.91 Å². The number of rotatable bonds is 8. The molecule has 1 rings (SSSR count). The Morgan fingerprint density at radius 2 is 1.80 bits per heavy atom. The Labute approximate surface area is 119 Å². The fourth-order valence-electron chi connectivity index (χ4n) is 1.92. The molecule has 0 fully saturated rings. The van der Waals surface area contributed by atoms with Crippen molar-refractivity contribution < 1.29 is 14.7 Å². The summed E-state index contributed by atoms with van der Waals surface area (Å²) in [6.07, 6.45) is 2.85. The van der Waals surface area contributed by atoms with E-state index in [0.29, 0.717) is 18.7 Å². The standard InChI is InChI=1S/C15H22N2O3/c1-12-6-8-13(9-7-12)17(11-15(19)20)14(18)5-3-2-4-10-16/h6-9H,2-5,10-11,16H2,1H3,(H,19,20). The molecule has 0 radical (unpaired) electrons. The highest BCUT2D eigenvalue weighted by Gasteiger charge is 2.18. The van der Waals surface area contributed by atoms with E-state index in [-0.39, 0.29) is 12.5 Å². The van der Waals surface area contributed by atoms with Crippen LogP contribution in [0.5, 0.6) is 0 Å². The molecule has 0 aliphatic rings. The van der Waals surface area contributed by atoms with Crippen molar-refractivity contribution in [2.75, 3.05) is 18.0 Å². The lowest BCUT2D eigenvalue weighted by molar-refractivity contribution is -0.136. The average Bonchev–Trinajstić information content (AvgIpc) is 2.42. The Morgan fingerprint density at radius 1 is 1.15 bits per heavy atom. The molecule has 0 aliphatic carbocycles. The predicted molar refractivity (Wildman–Crippen MR) is 78.7 cm³/mol. The van der Waals surface area contributed by atoms with Gasteiger partial charge in [0.15, 0.2) is 0 Å². The summed E-state index contributed by atoms with van der Waals surface area (Å²) in [4.78, 5) is 24.4. The lowest BCUT2D eigenvalue weighted by Crippen LogP contribution is -2.35. The second-order valence-corrected chi connectivity index (χ2v) is 4.81. The van der Waals surface area contributed by atoms with Crippen LogP contribution in [0.4, 0.5) is 5.69 Å². The summed E-state index contributed by atoms with van der Waals surface area (Å²) in [7, 11) is 0. The van der Waals surface area contributed by atoms with Gasteiger partial charge in [-0.2, -0.15) is 0 Å². The Bertz CT molecular complexity index is 443. The molecule has 0 bridgehead atoms. The van der Waals surface area contributed by atoms with Crippen LogP contribution < -0.4 is 10.6 Å². The smallest absolute Gasteiger partial charge is 0.323 e. The van der Waals surface area contributed by atoms with Crippen LogP contribution in [0.3, 0.4) is 0 Å². The number of unbranched alkanes of at least 4 members (excludes halogenated alkanes) is 2. The summed E-state index contributed by atoms with van der Waals surface area (Å²) in [5, 5.41) is 8.95. The zero-order chi connectivity index (χ0) is 15.0. The molecule has 0 aromatic heterocycles. The molecule has 1 aromatic rings. The molecule has 1 amide bonds. The zero-order valence-electron chi connectivity index (χ0n) is 11.8. The van der Waals surface area contributed by atoms with Crippen molar-refractivity contribution in [3.05, 3.63) is 29.8 Å². The van der Waals surface area contributed by atoms with Crippen LogP contribution in [0, 0.1) is 6.92 Å². The van der Waals surface area contributed by atoms with Gasteiger partial charge in [0.25, 0.3) is 0 Å². The van der Waals surface area contributed by atoms with Gasteiger partial charge in [0.1, 0.15) is 6.54 Å². The normalized spacial score (nSPS) is 10.3. The van der Waals surface area contributed by atoms with E-state index in [0.717, 1.165) is 24.8 Å². The number of carboxylic acid groups (broad SMARTS) is 1. The van der Waals surface area contributed by atoms with E-state index in [4.69, 9.17) is 10.8 Å². The van der Waals surface area contributed by atoms with Crippen LogP contribution in [0.2, 0.25) is 0 Å². The molecule has 0 spiro atoms. The van der Waals surface area contributed by atoms with Gasteiger partial charge < -0.3 is 15.7 Å². The highest BCUT2D eigenvalue weighted by Crippen LogP contribution is 2.17. The minimum atomic E-state index is -1.01. The molecular weight excluding hydrogens is 256 g/mol. The molecule has 0 heterocycles. The molecule has 0 aliphatic heterocycles. The number of carbonyl (C=O) groups excluding carboxylic acids is 1. The molecular formula is C15H22N2O3. The third-order valence-electron chi connectivity index (χ3n) is 3.03. The van der Waals surface area contributed by atoms with E-state index in [1.54, 1.807) is 12.1 Å². The Balaban J connectivity index is 2.70. The molecule has 5 nitrogen and oxygen atoms in total. The maximum Gasteiger partial charge on any atom is 0.323 e. The monoisotopic (exact) mass is 278 g/mol. The molecule has 0 saturated heterocycles. The lowest BCUT2D eigenvalue weighted by Gasteiger charge is -2.21. The number of hydrogen-bond acceptors (Lipinski definition) is 3. The van der Waals surface area contributed by atoms with Crippen molar-refractivity contribution in [2.45, 2.75) is 32.6 Å². The largest absolute Gasteiger partial charge is 0.480 e. The quantitative estimate of drug-likeness (QED) is 0.712. The number of aryl methyl sites for hydroxylation is 1. The predicted octanol–water partition coefficient (Wildman–Crippen LogP) is 1.93. The van der Waals surface area contributed by atoms with Gasteiger partial charge in [0, 0.05) is 12.1 Å². The molecule has 5 heteroatoms. The first-order valence-electron chi connectivity index (χ1n) is 6.83. The van der Waals surface area contributed by atoms with Gasteiger partial charge in [-0.25, -0.2) is 0 Å². The van der Waals surface area contributed by atoms with Gasteiger partial charge in [0.05, 0.1) is 0 Å². The van der Waals surface area contributed by atoms with Crippen LogP contribution in [-0.4, -0.2) is 30.1 Å². The summed E-state index contributed by atoms with van der Waals surface area (Å²) in [6, 6.07) is 7.28. The van der Waals surface area contributed by atoms with Crippen molar-refractivity contribution in [1.29, 1.82) is 0 Å². The number of anilines is 1. The average molecular weight is 278 g/mol. The van der Waals surface area contributed by atoms with E-state index >= 15 is 0 Å². The van der Waals surface area contributed by atoms with Crippen LogP contribution in [0.25, 0.3) is 0 Å². The zero-order valence-corrected chi connectivity index (χ0v) is 11.8. The molecule has 0 saturated carbocycles. The van der Waals surface area contributed by atoms with Gasteiger partial charge in [-0.15, -0.1) is 0 Å². The van der Waals surface area contributed by atoms with E-state index < -0.39 is 5.97 Å². The molecule has 110 valence electrons. The second-order valence-electron chi connectivity index (χ2n) is 4.81. The topological polar surface area (TPSA) is 83.6 Å². The number of carbonyl (C=O) groups is 2. The van der Waals surface area contributed by atoms with Gasteiger partial charge >= 0.3 is 5.97 Å². The molecule has 1 aromatic carbocycles. The molecule has 0 atom stereocenters. The lowest BCUT2D eigenvalue weighted by atomic mass is 10.1. The van der Waals surface area contributed by atoms with Crippen molar-refractivity contribution >= 4 is 17.6 Å². The first kappa shape index (κ1) is 16.2. The van der Waals surface area contributed by atoms with Crippen molar-refractivity contribution in [2.24, 2.45) is 5.73 Å². The van der Waals surface area contributed by atoms with Crippen LogP contribution in [0.1, 0.15) is 31.2 Å². The third-order valence-corrected chi connectivity index (χ3v) is 3.03. The highest BCUT2D eigenvalue weighted by atomic mass is 16.4. The second kappa shape index (κ2) is 8.32. The van der Waals surface area contributed by atoms with E-state index in [2.05, 4.69) is 0 Å². The number of nitrogens with zero attached hydrogens (tertiary/aromatic N) is 1.